The molecule has 21 heteroatoms. The Hall–Kier alpha value is -5.05. The average Bonchev–Trinajstić information content (AvgIpc) is 3.66. The first-order valence-electron chi connectivity index (χ1n) is 18.9. The summed E-state index contributed by atoms with van der Waals surface area (Å²) in [6, 6.07) is -8.47. The number of carboxylic acids is 2. The summed E-state index contributed by atoms with van der Waals surface area (Å²) in [6.07, 6.45) is -0.286. The normalized spacial score (nSPS) is 18.0. The number of hydrogen-bond donors (Lipinski definition) is 12. The molecule has 1 rings (SSSR count). The number of guanidine groups is 1. The number of amides is 6. The van der Waals surface area contributed by atoms with Gasteiger partial charge < -0.3 is 64.0 Å². The van der Waals surface area contributed by atoms with Crippen molar-refractivity contribution in [3.05, 3.63) is 0 Å². The van der Waals surface area contributed by atoms with Crippen LogP contribution in [0.1, 0.15) is 92.9 Å². The Kier molecular flexibility index (Phi) is 21.4. The van der Waals surface area contributed by atoms with Crippen molar-refractivity contribution >= 4 is 53.3 Å². The predicted octanol–water partition coefficient (Wildman–Crippen LogP) is -2.86. The summed E-state index contributed by atoms with van der Waals surface area (Å²) in [4.78, 5) is 106. The molecule has 0 spiro atoms. The lowest BCUT2D eigenvalue weighted by Gasteiger charge is -2.29. The molecule has 14 N–H and O–H groups in total. The average molecular weight is 799 g/mol. The second-order valence-electron chi connectivity index (χ2n) is 14.5. The maximum Gasteiger partial charge on any atom is 0.326 e. The molecule has 1 fully saturated rings. The highest BCUT2D eigenvalue weighted by Gasteiger charge is 2.36. The first-order valence-corrected chi connectivity index (χ1v) is 18.9. The Balaban J connectivity index is 3.12. The van der Waals surface area contributed by atoms with Crippen molar-refractivity contribution in [2.45, 2.75) is 141 Å². The summed E-state index contributed by atoms with van der Waals surface area (Å²) in [5, 5.41) is 47.1. The third kappa shape index (κ3) is 17.6. The number of aliphatic hydroxyl groups is 1. The van der Waals surface area contributed by atoms with Crippen molar-refractivity contribution < 1.29 is 53.7 Å². The van der Waals surface area contributed by atoms with Gasteiger partial charge in [0.1, 0.15) is 36.3 Å². The first-order chi connectivity index (χ1) is 26.2. The second kappa shape index (κ2) is 24.5. The molecule has 0 aromatic carbocycles. The van der Waals surface area contributed by atoms with Crippen LogP contribution >= 0.6 is 0 Å². The summed E-state index contributed by atoms with van der Waals surface area (Å²) in [5.41, 5.74) is 10.7. The lowest BCUT2D eigenvalue weighted by Crippen LogP contribution is -2.61. The zero-order chi connectivity index (χ0) is 42.7. The molecule has 1 saturated heterocycles. The highest BCUT2D eigenvalue weighted by molar-refractivity contribution is 5.97. The summed E-state index contributed by atoms with van der Waals surface area (Å²) >= 11 is 0. The van der Waals surface area contributed by atoms with E-state index in [2.05, 4.69) is 42.2 Å². The van der Waals surface area contributed by atoms with E-state index in [-0.39, 0.29) is 49.5 Å². The molecular formula is C35H62N10O11. The smallest absolute Gasteiger partial charge is 0.326 e. The Morgan fingerprint density at radius 3 is 1.86 bits per heavy atom. The van der Waals surface area contributed by atoms with Crippen molar-refractivity contribution in [2.24, 2.45) is 28.3 Å². The van der Waals surface area contributed by atoms with Gasteiger partial charge in [0.05, 0.1) is 12.1 Å². The van der Waals surface area contributed by atoms with E-state index in [9.17, 15) is 48.6 Å². The van der Waals surface area contributed by atoms with E-state index in [1.54, 1.807) is 20.8 Å². The van der Waals surface area contributed by atoms with Crippen LogP contribution < -0.4 is 48.7 Å². The number of carbonyl (C=O) groups excluding carboxylic acids is 6. The van der Waals surface area contributed by atoms with Gasteiger partial charge in [-0.2, -0.15) is 0 Å². The van der Waals surface area contributed by atoms with Crippen molar-refractivity contribution in [3.8, 4) is 0 Å². The van der Waals surface area contributed by atoms with E-state index in [1.807, 2.05) is 6.92 Å². The number of aliphatic imine (C=N–C) groups is 1. The van der Waals surface area contributed by atoms with Crippen LogP contribution in [0.2, 0.25) is 0 Å². The molecule has 1 heterocycles. The molecule has 0 aromatic rings. The fourth-order valence-corrected chi connectivity index (χ4v) is 5.72. The molecule has 0 saturated carbocycles. The standard InChI is InChI=1S/C35H62N10O11/c1-7-18(4)26(44-29(50)21-10-8-14-38-21)32(53)45-27(20(6)46)33(54)40-19(5)28(49)43-24(16-17(2)3)31(52)41-22(11-9-15-39-35(36)37)30(51)42-23(34(55)56)12-13-25(47)48/h17-24,26-27,38,46H,7-16H2,1-6H3,(H,40,54)(H,41,52)(H,42,51)(H,43,49)(H,44,50)(H,45,53)(H,47,48)(H,55,56)(H4,36,37,39)/t18-,19-,20+,21-,22-,23-,24-,26-,27-/m0/s1. The Labute approximate surface area is 326 Å². The fraction of sp³-hybridized carbons (Fsp3) is 0.743. The Bertz CT molecular complexity index is 1400. The van der Waals surface area contributed by atoms with E-state index in [0.29, 0.717) is 19.4 Å². The summed E-state index contributed by atoms with van der Waals surface area (Å²) < 4.78 is 0. The minimum atomic E-state index is -1.57. The van der Waals surface area contributed by atoms with Gasteiger partial charge in [0.15, 0.2) is 5.96 Å². The third-order valence-corrected chi connectivity index (χ3v) is 9.16. The number of carboxylic acid groups (broad SMARTS) is 2. The first kappa shape index (κ1) is 49.0. The van der Waals surface area contributed by atoms with Crippen molar-refractivity contribution in [3.63, 3.8) is 0 Å². The molecule has 6 amide bonds. The largest absolute Gasteiger partial charge is 0.481 e. The zero-order valence-corrected chi connectivity index (χ0v) is 33.1. The highest BCUT2D eigenvalue weighted by atomic mass is 16.4. The van der Waals surface area contributed by atoms with Crippen LogP contribution in [-0.4, -0.2) is 130 Å². The summed E-state index contributed by atoms with van der Waals surface area (Å²) in [7, 11) is 0. The van der Waals surface area contributed by atoms with Gasteiger partial charge in [0.25, 0.3) is 0 Å². The van der Waals surface area contributed by atoms with Gasteiger partial charge in [-0.3, -0.25) is 38.6 Å². The number of carbonyl (C=O) groups is 8. The molecule has 21 nitrogen and oxygen atoms in total. The molecule has 318 valence electrons. The number of aliphatic carboxylic acids is 2. The van der Waals surface area contributed by atoms with Gasteiger partial charge in [-0.05, 0) is 70.8 Å². The van der Waals surface area contributed by atoms with Gasteiger partial charge in [0.2, 0.25) is 35.4 Å². The SMILES string of the molecule is CC[C@H](C)[C@H](NC(=O)[C@@H]1CCCN1)C(=O)N[C@H](C(=O)N[C@@H](C)C(=O)N[C@@H](CC(C)C)C(=O)N[C@@H](CCCN=C(N)N)C(=O)N[C@@H](CCC(=O)O)C(=O)O)[C@@H](C)O. The van der Waals surface area contributed by atoms with E-state index in [1.165, 1.54) is 13.8 Å². The molecular weight excluding hydrogens is 736 g/mol. The van der Waals surface area contributed by atoms with Gasteiger partial charge in [-0.1, -0.05) is 34.1 Å². The number of nitrogens with one attached hydrogen (secondary N) is 7. The monoisotopic (exact) mass is 798 g/mol. The van der Waals surface area contributed by atoms with Crippen LogP contribution in [0.4, 0.5) is 0 Å². The van der Waals surface area contributed by atoms with Gasteiger partial charge in [-0.25, -0.2) is 4.79 Å². The topological polar surface area (TPSA) is 346 Å². The van der Waals surface area contributed by atoms with Crippen LogP contribution in [0.25, 0.3) is 0 Å². The Morgan fingerprint density at radius 1 is 0.750 bits per heavy atom. The van der Waals surface area contributed by atoms with Crippen molar-refractivity contribution in [1.82, 2.24) is 37.2 Å². The van der Waals surface area contributed by atoms with E-state index in [4.69, 9.17) is 16.6 Å². The van der Waals surface area contributed by atoms with Crippen LogP contribution in [0.15, 0.2) is 4.99 Å². The molecule has 1 aliphatic rings. The Morgan fingerprint density at radius 2 is 1.34 bits per heavy atom. The van der Waals surface area contributed by atoms with E-state index < -0.39 is 103 Å². The van der Waals surface area contributed by atoms with Gasteiger partial charge >= 0.3 is 11.9 Å². The van der Waals surface area contributed by atoms with Crippen molar-refractivity contribution in [2.75, 3.05) is 13.1 Å². The maximum absolute atomic E-state index is 13.6. The van der Waals surface area contributed by atoms with Crippen LogP contribution in [0, 0.1) is 11.8 Å². The van der Waals surface area contributed by atoms with E-state index in [0.717, 1.165) is 6.42 Å². The molecule has 0 aliphatic carbocycles. The minimum absolute atomic E-state index is 0.0610. The lowest BCUT2D eigenvalue weighted by atomic mass is 9.97. The van der Waals surface area contributed by atoms with Gasteiger partial charge in [-0.15, -0.1) is 0 Å². The number of nitrogens with zero attached hydrogens (tertiary/aromatic N) is 1. The third-order valence-electron chi connectivity index (χ3n) is 9.16. The minimum Gasteiger partial charge on any atom is -0.481 e. The number of hydrogen-bond acceptors (Lipinski definition) is 11. The van der Waals surface area contributed by atoms with Crippen molar-refractivity contribution in [1.29, 1.82) is 0 Å². The van der Waals surface area contributed by atoms with Crippen LogP contribution in [-0.2, 0) is 38.4 Å². The second-order valence-corrected chi connectivity index (χ2v) is 14.5. The summed E-state index contributed by atoms with van der Waals surface area (Å²) in [5.74, 6) is -8.01. The van der Waals surface area contributed by atoms with Crippen LogP contribution in [0.3, 0.4) is 0 Å². The molecule has 9 atom stereocenters. The summed E-state index contributed by atoms with van der Waals surface area (Å²) in [6.45, 7) is 10.5. The molecule has 0 unspecified atom stereocenters. The molecule has 0 radical (unpaired) electrons. The van der Waals surface area contributed by atoms with Crippen LogP contribution in [0.5, 0.6) is 0 Å². The predicted molar refractivity (Wildman–Crippen MR) is 203 cm³/mol. The molecule has 1 aliphatic heterocycles. The number of rotatable bonds is 25. The number of aliphatic hydroxyl groups excluding tert-OH is 1. The van der Waals surface area contributed by atoms with E-state index >= 15 is 0 Å². The number of nitrogens with two attached hydrogens (primary N) is 2. The fourth-order valence-electron chi connectivity index (χ4n) is 5.72. The zero-order valence-electron chi connectivity index (χ0n) is 33.1. The van der Waals surface area contributed by atoms with Gasteiger partial charge in [0, 0.05) is 13.0 Å². The lowest BCUT2D eigenvalue weighted by molar-refractivity contribution is -0.143. The highest BCUT2D eigenvalue weighted by Crippen LogP contribution is 2.13. The quantitative estimate of drug-likeness (QED) is 0.0251. The maximum atomic E-state index is 13.6. The molecule has 56 heavy (non-hydrogen) atoms. The molecule has 0 bridgehead atoms. The molecule has 0 aromatic heterocycles.